The summed E-state index contributed by atoms with van der Waals surface area (Å²) in [4.78, 5) is 25.1. The highest BCUT2D eigenvalue weighted by Gasteiger charge is 2.18. The highest BCUT2D eigenvalue weighted by molar-refractivity contribution is 6.01. The molecule has 32 heavy (non-hydrogen) atoms. The van der Waals surface area contributed by atoms with E-state index in [1.54, 1.807) is 0 Å². The summed E-state index contributed by atoms with van der Waals surface area (Å²) in [6.45, 7) is 6.33. The molecule has 0 atom stereocenters. The first-order chi connectivity index (χ1) is 15.3. The molecule has 0 bridgehead atoms. The van der Waals surface area contributed by atoms with E-state index in [0.29, 0.717) is 18.7 Å². The Morgan fingerprint density at radius 1 is 0.781 bits per heavy atom. The number of carbonyl (C=O) groups is 2. The fraction of sp³-hybridized carbons (Fsp3) is 0.259. The molecule has 0 aliphatic heterocycles. The maximum atomic E-state index is 13.0. The number of amides is 2. The van der Waals surface area contributed by atoms with Crippen LogP contribution in [0, 0.1) is 0 Å². The van der Waals surface area contributed by atoms with Gasteiger partial charge in [-0.3, -0.25) is 4.79 Å². The number of ether oxygens (including phenoxy) is 1. The maximum Gasteiger partial charge on any atom is 0.407 e. The average molecular weight is 431 g/mol. The van der Waals surface area contributed by atoms with Crippen molar-refractivity contribution in [2.45, 2.75) is 39.3 Å². The summed E-state index contributed by atoms with van der Waals surface area (Å²) in [6, 6.07) is 25.3. The van der Waals surface area contributed by atoms with Crippen LogP contribution >= 0.6 is 0 Å². The molecular formula is C27H30N2O3. The Labute approximate surface area is 189 Å². The van der Waals surface area contributed by atoms with Gasteiger partial charge in [0.25, 0.3) is 5.91 Å². The van der Waals surface area contributed by atoms with Gasteiger partial charge in [-0.15, -0.1) is 0 Å². The molecule has 5 heteroatoms. The molecule has 0 fully saturated rings. The Balaban J connectivity index is 1.73. The molecule has 3 aromatic rings. The summed E-state index contributed by atoms with van der Waals surface area (Å²) in [5, 5.41) is 5.83. The second-order valence-corrected chi connectivity index (χ2v) is 8.55. The van der Waals surface area contributed by atoms with Crippen LogP contribution in [-0.2, 0) is 17.7 Å². The second kappa shape index (κ2) is 10.6. The van der Waals surface area contributed by atoms with E-state index in [2.05, 4.69) is 10.6 Å². The Morgan fingerprint density at radius 2 is 1.41 bits per heavy atom. The molecular weight excluding hydrogens is 400 g/mol. The summed E-state index contributed by atoms with van der Waals surface area (Å²) in [5.74, 6) is -0.119. The largest absolute Gasteiger partial charge is 0.444 e. The summed E-state index contributed by atoms with van der Waals surface area (Å²) in [5.41, 5.74) is 3.85. The monoisotopic (exact) mass is 430 g/mol. The maximum absolute atomic E-state index is 13.0. The van der Waals surface area contributed by atoms with Gasteiger partial charge >= 0.3 is 6.09 Å². The van der Waals surface area contributed by atoms with Gasteiger partial charge in [0.2, 0.25) is 0 Å². The Hall–Kier alpha value is -3.60. The average Bonchev–Trinajstić information content (AvgIpc) is 2.77. The zero-order valence-corrected chi connectivity index (χ0v) is 18.9. The summed E-state index contributed by atoms with van der Waals surface area (Å²) >= 11 is 0. The Kier molecular flexibility index (Phi) is 7.66. The summed E-state index contributed by atoms with van der Waals surface area (Å²) in [6.07, 6.45) is 0.296. The van der Waals surface area contributed by atoms with Gasteiger partial charge in [-0.2, -0.15) is 0 Å². The number of alkyl carbamates (subject to hydrolysis) is 1. The van der Waals surface area contributed by atoms with Gasteiger partial charge < -0.3 is 15.4 Å². The van der Waals surface area contributed by atoms with E-state index in [4.69, 9.17) is 4.74 Å². The van der Waals surface area contributed by atoms with Gasteiger partial charge in [-0.05, 0) is 55.5 Å². The molecule has 0 saturated carbocycles. The number of benzene rings is 3. The second-order valence-electron chi connectivity index (χ2n) is 8.55. The van der Waals surface area contributed by atoms with E-state index in [1.165, 1.54) is 5.56 Å². The van der Waals surface area contributed by atoms with Crippen molar-refractivity contribution in [2.24, 2.45) is 0 Å². The SMILES string of the molecule is CC(C)(C)OC(=O)NCc1ccccc1-c1ccccc1C(=O)NCCc1ccccc1. The van der Waals surface area contributed by atoms with Crippen molar-refractivity contribution in [2.75, 3.05) is 6.54 Å². The fourth-order valence-electron chi connectivity index (χ4n) is 3.40. The molecule has 0 aliphatic carbocycles. The molecule has 3 aromatic carbocycles. The molecule has 2 amide bonds. The zero-order valence-electron chi connectivity index (χ0n) is 18.9. The Bertz CT molecular complexity index is 1060. The third-order valence-corrected chi connectivity index (χ3v) is 4.84. The fourth-order valence-corrected chi connectivity index (χ4v) is 3.40. The first-order valence-electron chi connectivity index (χ1n) is 10.8. The van der Waals surface area contributed by atoms with E-state index in [-0.39, 0.29) is 5.91 Å². The predicted octanol–water partition coefficient (Wildman–Crippen LogP) is 5.35. The predicted molar refractivity (Wildman–Crippen MR) is 127 cm³/mol. The standard InChI is InChI=1S/C27H30N2O3/c1-27(2,3)32-26(31)29-19-21-13-7-8-14-22(21)23-15-9-10-16-24(23)25(30)28-18-17-20-11-5-4-6-12-20/h4-16H,17-19H2,1-3H3,(H,28,30)(H,29,31). The minimum atomic E-state index is -0.561. The lowest BCUT2D eigenvalue weighted by molar-refractivity contribution is 0.0523. The van der Waals surface area contributed by atoms with Crippen LogP contribution in [0.4, 0.5) is 4.79 Å². The minimum absolute atomic E-state index is 0.119. The van der Waals surface area contributed by atoms with Gasteiger partial charge in [-0.25, -0.2) is 4.79 Å². The number of carbonyl (C=O) groups excluding carboxylic acids is 2. The van der Waals surface area contributed by atoms with Crippen LogP contribution in [0.3, 0.4) is 0 Å². The molecule has 0 radical (unpaired) electrons. The van der Waals surface area contributed by atoms with Crippen LogP contribution in [-0.4, -0.2) is 24.1 Å². The molecule has 0 aliphatic rings. The van der Waals surface area contributed by atoms with Crippen molar-refractivity contribution in [1.82, 2.24) is 10.6 Å². The third-order valence-electron chi connectivity index (χ3n) is 4.84. The highest BCUT2D eigenvalue weighted by atomic mass is 16.6. The van der Waals surface area contributed by atoms with Crippen molar-refractivity contribution >= 4 is 12.0 Å². The van der Waals surface area contributed by atoms with Crippen molar-refractivity contribution in [3.8, 4) is 11.1 Å². The Morgan fingerprint density at radius 3 is 2.12 bits per heavy atom. The number of nitrogens with one attached hydrogen (secondary N) is 2. The van der Waals surface area contributed by atoms with Crippen molar-refractivity contribution in [3.63, 3.8) is 0 Å². The lowest BCUT2D eigenvalue weighted by atomic mass is 9.95. The molecule has 0 aromatic heterocycles. The first-order valence-corrected chi connectivity index (χ1v) is 10.8. The van der Waals surface area contributed by atoms with E-state index < -0.39 is 11.7 Å². The first kappa shape index (κ1) is 23.1. The number of rotatable bonds is 7. The molecule has 3 rings (SSSR count). The lowest BCUT2D eigenvalue weighted by Crippen LogP contribution is -2.32. The smallest absolute Gasteiger partial charge is 0.407 e. The molecule has 0 unspecified atom stereocenters. The van der Waals surface area contributed by atoms with Crippen molar-refractivity contribution in [3.05, 3.63) is 95.6 Å². The summed E-state index contributed by atoms with van der Waals surface area (Å²) in [7, 11) is 0. The van der Waals surface area contributed by atoms with Crippen LogP contribution in [0.1, 0.15) is 42.3 Å². The highest BCUT2D eigenvalue weighted by Crippen LogP contribution is 2.27. The molecule has 2 N–H and O–H groups in total. The number of hydrogen-bond acceptors (Lipinski definition) is 3. The third kappa shape index (κ3) is 6.71. The molecule has 0 heterocycles. The van der Waals surface area contributed by atoms with Gasteiger partial charge in [0.1, 0.15) is 5.60 Å². The van der Waals surface area contributed by atoms with Crippen molar-refractivity contribution < 1.29 is 14.3 Å². The normalized spacial score (nSPS) is 11.0. The molecule has 0 spiro atoms. The molecule has 166 valence electrons. The van der Waals surface area contributed by atoms with Gasteiger partial charge in [0.15, 0.2) is 0 Å². The van der Waals surface area contributed by atoms with E-state index in [1.807, 2.05) is 99.6 Å². The molecule has 0 saturated heterocycles. The van der Waals surface area contributed by atoms with Gasteiger partial charge in [0.05, 0.1) is 0 Å². The summed E-state index contributed by atoms with van der Waals surface area (Å²) < 4.78 is 5.33. The van der Waals surface area contributed by atoms with Crippen LogP contribution in [0.2, 0.25) is 0 Å². The van der Waals surface area contributed by atoms with Crippen LogP contribution < -0.4 is 10.6 Å². The van der Waals surface area contributed by atoms with Crippen molar-refractivity contribution in [1.29, 1.82) is 0 Å². The minimum Gasteiger partial charge on any atom is -0.444 e. The molecule has 5 nitrogen and oxygen atoms in total. The van der Waals surface area contributed by atoms with Crippen LogP contribution in [0.5, 0.6) is 0 Å². The lowest BCUT2D eigenvalue weighted by Gasteiger charge is -2.20. The quantitative estimate of drug-likeness (QED) is 0.531. The topological polar surface area (TPSA) is 67.4 Å². The van der Waals surface area contributed by atoms with Crippen LogP contribution in [0.25, 0.3) is 11.1 Å². The van der Waals surface area contributed by atoms with Gasteiger partial charge in [-0.1, -0.05) is 72.8 Å². The van der Waals surface area contributed by atoms with E-state index in [9.17, 15) is 9.59 Å². The number of hydrogen-bond donors (Lipinski definition) is 2. The van der Waals surface area contributed by atoms with Crippen LogP contribution in [0.15, 0.2) is 78.9 Å². The van der Waals surface area contributed by atoms with Gasteiger partial charge in [0, 0.05) is 18.7 Å². The zero-order chi connectivity index (χ0) is 23.0. The van der Waals surface area contributed by atoms with E-state index in [0.717, 1.165) is 23.1 Å². The van der Waals surface area contributed by atoms with E-state index >= 15 is 0 Å².